The highest BCUT2D eigenvalue weighted by Crippen LogP contribution is 2.14. The zero-order valence-corrected chi connectivity index (χ0v) is 21.1. The second kappa shape index (κ2) is 16.8. The van der Waals surface area contributed by atoms with Gasteiger partial charge in [-0.1, -0.05) is 0 Å². The molecule has 1 atom stereocenters. The van der Waals surface area contributed by atoms with Crippen LogP contribution in [0.15, 0.2) is 58.5 Å². The highest BCUT2D eigenvalue weighted by Gasteiger charge is 2.20. The van der Waals surface area contributed by atoms with Crippen LogP contribution in [0.3, 0.4) is 0 Å². The second-order valence-electron chi connectivity index (χ2n) is 7.88. The molecule has 12 heteroatoms. The van der Waals surface area contributed by atoms with Crippen LogP contribution in [0.1, 0.15) is 53.3 Å². The molecule has 0 saturated heterocycles. The Bertz CT molecular complexity index is 1230. The number of carbonyl (C=O) groups excluding carboxylic acids is 6. The lowest BCUT2D eigenvalue weighted by molar-refractivity contribution is -0.158. The Labute approximate surface area is 223 Å². The van der Waals surface area contributed by atoms with Crippen molar-refractivity contribution in [3.05, 3.63) is 59.7 Å². The highest BCUT2D eigenvalue weighted by molar-refractivity contribution is 5.91. The van der Waals surface area contributed by atoms with Crippen molar-refractivity contribution >= 4 is 47.4 Å². The van der Waals surface area contributed by atoms with Gasteiger partial charge in [0.05, 0.1) is 29.1 Å². The van der Waals surface area contributed by atoms with Crippen molar-refractivity contribution in [1.29, 1.82) is 0 Å². The Morgan fingerprint density at radius 1 is 0.692 bits per heavy atom. The minimum absolute atomic E-state index is 0.144. The number of ether oxygens (including phenoxy) is 4. The van der Waals surface area contributed by atoms with Crippen LogP contribution in [-0.4, -0.2) is 62.0 Å². The highest BCUT2D eigenvalue weighted by atomic mass is 16.6. The van der Waals surface area contributed by atoms with E-state index in [9.17, 15) is 28.8 Å². The van der Waals surface area contributed by atoms with Gasteiger partial charge in [-0.25, -0.2) is 24.0 Å². The van der Waals surface area contributed by atoms with Crippen LogP contribution in [0, 0.1) is 0 Å². The van der Waals surface area contributed by atoms with E-state index in [1.165, 1.54) is 67.6 Å². The zero-order chi connectivity index (χ0) is 28.5. The molecule has 0 aromatic heterocycles. The van der Waals surface area contributed by atoms with Crippen molar-refractivity contribution in [1.82, 2.24) is 0 Å². The van der Waals surface area contributed by atoms with Gasteiger partial charge in [0.15, 0.2) is 6.10 Å². The van der Waals surface area contributed by atoms with Gasteiger partial charge in [0.2, 0.25) is 12.2 Å². The first-order valence-electron chi connectivity index (χ1n) is 11.9. The number of esters is 4. The summed E-state index contributed by atoms with van der Waals surface area (Å²) in [7, 11) is 0. The summed E-state index contributed by atoms with van der Waals surface area (Å²) in [6.45, 7) is 1.16. The molecule has 12 nitrogen and oxygen atoms in total. The molecule has 0 aliphatic carbocycles. The smallest absolute Gasteiger partial charge is 0.347 e. The number of benzene rings is 2. The lowest BCUT2D eigenvalue weighted by Gasteiger charge is -2.13. The Kier molecular flexibility index (Phi) is 13.0. The van der Waals surface area contributed by atoms with E-state index < -0.39 is 30.0 Å². The summed E-state index contributed by atoms with van der Waals surface area (Å²) in [6, 6.07) is 11.6. The fraction of sp³-hybridized carbons (Fsp3) is 0.333. The first kappa shape index (κ1) is 30.3. The van der Waals surface area contributed by atoms with Crippen molar-refractivity contribution in [2.75, 3.05) is 19.8 Å². The van der Waals surface area contributed by atoms with Crippen molar-refractivity contribution < 1.29 is 47.7 Å². The Balaban J connectivity index is 1.53. The van der Waals surface area contributed by atoms with Crippen LogP contribution in [0.5, 0.6) is 0 Å². The number of isocyanates is 2. The quantitative estimate of drug-likeness (QED) is 0.107. The maximum absolute atomic E-state index is 12.1. The summed E-state index contributed by atoms with van der Waals surface area (Å²) in [4.78, 5) is 75.2. The molecule has 0 fully saturated rings. The maximum atomic E-state index is 12.1. The number of carbonyl (C=O) groups is 4. The van der Waals surface area contributed by atoms with Gasteiger partial charge >= 0.3 is 23.9 Å². The van der Waals surface area contributed by atoms with Gasteiger partial charge in [0.1, 0.15) is 13.2 Å². The summed E-state index contributed by atoms with van der Waals surface area (Å²) in [5.74, 6) is -2.54. The van der Waals surface area contributed by atoms with Gasteiger partial charge in [0, 0.05) is 6.42 Å². The van der Waals surface area contributed by atoms with E-state index in [0.29, 0.717) is 36.2 Å². The minimum atomic E-state index is -1.19. The minimum Gasteiger partial charge on any atom is -0.462 e. The molecule has 0 aliphatic heterocycles. The van der Waals surface area contributed by atoms with Crippen molar-refractivity contribution in [3.8, 4) is 0 Å². The average Bonchev–Trinajstić information content (AvgIpc) is 2.93. The molecule has 0 aliphatic rings. The number of aliphatic imine (C=N–C) groups is 2. The summed E-state index contributed by atoms with van der Waals surface area (Å²) in [6.07, 6.45) is 3.45. The molecule has 2 aromatic rings. The molecule has 39 heavy (non-hydrogen) atoms. The fourth-order valence-electron chi connectivity index (χ4n) is 3.01. The topological polar surface area (TPSA) is 164 Å². The summed E-state index contributed by atoms with van der Waals surface area (Å²) in [5.41, 5.74) is 1.18. The maximum Gasteiger partial charge on any atom is 0.347 e. The molecule has 0 heterocycles. The molecule has 0 bridgehead atoms. The molecule has 204 valence electrons. The summed E-state index contributed by atoms with van der Waals surface area (Å²) in [5, 5.41) is 0. The normalized spacial score (nSPS) is 10.7. The molecule has 0 saturated carbocycles. The van der Waals surface area contributed by atoms with Crippen molar-refractivity contribution in [2.45, 2.75) is 38.7 Å². The summed E-state index contributed by atoms with van der Waals surface area (Å²) >= 11 is 0. The third kappa shape index (κ3) is 11.3. The summed E-state index contributed by atoms with van der Waals surface area (Å²) < 4.78 is 20.2. The molecule has 0 N–H and O–H groups in total. The Morgan fingerprint density at radius 3 is 1.79 bits per heavy atom. The van der Waals surface area contributed by atoms with E-state index in [0.717, 1.165) is 0 Å². The van der Waals surface area contributed by atoms with Gasteiger partial charge < -0.3 is 18.9 Å². The van der Waals surface area contributed by atoms with Gasteiger partial charge in [-0.3, -0.25) is 4.79 Å². The van der Waals surface area contributed by atoms with Crippen LogP contribution < -0.4 is 0 Å². The van der Waals surface area contributed by atoms with Crippen LogP contribution in [-0.2, 0) is 38.1 Å². The predicted molar refractivity (Wildman–Crippen MR) is 134 cm³/mol. The van der Waals surface area contributed by atoms with E-state index in [4.69, 9.17) is 18.9 Å². The standard InChI is InChI=1S/C27H26N2O10/c1-19(39-27(35)21-8-12-23(13-9-21)29-18-31)25(33)38-16-15-36-24(32)5-3-2-4-14-37-26(34)20-6-10-22(11-7-20)28-17-30/h6-13,19H,2-5,14-16H2,1H3. The van der Waals surface area contributed by atoms with E-state index in [2.05, 4.69) is 9.98 Å². The van der Waals surface area contributed by atoms with Crippen LogP contribution >= 0.6 is 0 Å². The second-order valence-corrected chi connectivity index (χ2v) is 7.88. The van der Waals surface area contributed by atoms with Crippen LogP contribution in [0.25, 0.3) is 0 Å². The average molecular weight is 539 g/mol. The Morgan fingerprint density at radius 2 is 1.23 bits per heavy atom. The fourth-order valence-corrected chi connectivity index (χ4v) is 3.01. The van der Waals surface area contributed by atoms with Crippen LogP contribution in [0.2, 0.25) is 0 Å². The molecule has 0 spiro atoms. The van der Waals surface area contributed by atoms with Gasteiger partial charge in [-0.2, -0.15) is 9.98 Å². The molecule has 2 aromatic carbocycles. The largest absolute Gasteiger partial charge is 0.462 e. The number of unbranched alkanes of at least 4 members (excludes halogenated alkanes) is 2. The third-order valence-electron chi connectivity index (χ3n) is 5.02. The Hall–Kier alpha value is -4.92. The van der Waals surface area contributed by atoms with Gasteiger partial charge in [-0.05, 0) is 74.7 Å². The van der Waals surface area contributed by atoms with E-state index in [1.54, 1.807) is 0 Å². The molecular formula is C27H26N2O10. The molecular weight excluding hydrogens is 512 g/mol. The van der Waals surface area contributed by atoms with E-state index in [1.807, 2.05) is 0 Å². The van der Waals surface area contributed by atoms with Gasteiger partial charge in [0.25, 0.3) is 0 Å². The van der Waals surface area contributed by atoms with Crippen molar-refractivity contribution in [2.24, 2.45) is 9.98 Å². The first-order chi connectivity index (χ1) is 18.8. The molecule has 1 unspecified atom stereocenters. The van der Waals surface area contributed by atoms with E-state index in [-0.39, 0.29) is 31.8 Å². The monoisotopic (exact) mass is 538 g/mol. The molecule has 0 amide bonds. The predicted octanol–water partition coefficient (Wildman–Crippen LogP) is 3.67. The van der Waals surface area contributed by atoms with Crippen molar-refractivity contribution in [3.63, 3.8) is 0 Å². The van der Waals surface area contributed by atoms with Gasteiger partial charge in [-0.15, -0.1) is 0 Å². The number of rotatable bonds is 15. The number of nitrogens with zero attached hydrogens (tertiary/aromatic N) is 2. The number of hydrogen-bond donors (Lipinski definition) is 0. The third-order valence-corrected chi connectivity index (χ3v) is 5.02. The zero-order valence-electron chi connectivity index (χ0n) is 21.1. The van der Waals surface area contributed by atoms with E-state index >= 15 is 0 Å². The lowest BCUT2D eigenvalue weighted by Crippen LogP contribution is -2.27. The molecule has 2 rings (SSSR count). The van der Waals surface area contributed by atoms with Crippen LogP contribution in [0.4, 0.5) is 11.4 Å². The lowest BCUT2D eigenvalue weighted by atomic mass is 10.2. The number of hydrogen-bond acceptors (Lipinski definition) is 12. The SMILES string of the molecule is CC(OC(=O)c1ccc(N=C=O)cc1)C(=O)OCCOC(=O)CCCCCOC(=O)c1ccc(N=C=O)cc1. The molecule has 0 radical (unpaired) electrons. The first-order valence-corrected chi connectivity index (χ1v) is 11.9.